The van der Waals surface area contributed by atoms with Gasteiger partial charge in [-0.1, -0.05) is 0 Å². The highest BCUT2D eigenvalue weighted by molar-refractivity contribution is 5.85. The molecular formula is C14H25ClN4. The highest BCUT2D eigenvalue weighted by atomic mass is 35.5. The molecule has 5 heteroatoms. The van der Waals surface area contributed by atoms with Crippen molar-refractivity contribution < 1.29 is 0 Å². The molecule has 0 aromatic carbocycles. The summed E-state index contributed by atoms with van der Waals surface area (Å²) >= 11 is 0. The average Bonchev–Trinajstić information content (AvgIpc) is 2.98. The molecule has 1 aliphatic carbocycles. The van der Waals surface area contributed by atoms with E-state index in [1.54, 1.807) is 0 Å². The SMILES string of the molecule is CC(C)n1nccc1CN1CC2CCC(N)C2C1.Cl. The van der Waals surface area contributed by atoms with Gasteiger partial charge in [-0.2, -0.15) is 5.10 Å². The molecule has 1 aromatic rings. The molecule has 0 radical (unpaired) electrons. The minimum absolute atomic E-state index is 0. The Hall–Kier alpha value is -0.580. The van der Waals surface area contributed by atoms with Gasteiger partial charge in [-0.15, -0.1) is 12.4 Å². The molecule has 3 unspecified atom stereocenters. The number of nitrogens with zero attached hydrogens (tertiary/aromatic N) is 3. The van der Waals surface area contributed by atoms with Crippen LogP contribution in [0.1, 0.15) is 38.4 Å². The Kier molecular flexibility index (Phi) is 4.54. The lowest BCUT2D eigenvalue weighted by atomic mass is 9.98. The molecule has 0 amide bonds. The summed E-state index contributed by atoms with van der Waals surface area (Å²) in [7, 11) is 0. The summed E-state index contributed by atoms with van der Waals surface area (Å²) in [6, 6.07) is 3.03. The lowest BCUT2D eigenvalue weighted by Crippen LogP contribution is -2.30. The van der Waals surface area contributed by atoms with Crippen molar-refractivity contribution in [1.29, 1.82) is 0 Å². The monoisotopic (exact) mass is 284 g/mol. The summed E-state index contributed by atoms with van der Waals surface area (Å²) in [6.45, 7) is 7.80. The first-order valence-corrected chi connectivity index (χ1v) is 7.15. The number of rotatable bonds is 3. The third kappa shape index (κ3) is 2.81. The van der Waals surface area contributed by atoms with Gasteiger partial charge in [-0.25, -0.2) is 0 Å². The van der Waals surface area contributed by atoms with Crippen molar-refractivity contribution in [2.45, 2.75) is 45.3 Å². The van der Waals surface area contributed by atoms with Gasteiger partial charge in [-0.05, 0) is 44.6 Å². The number of fused-ring (bicyclic) bond motifs is 1. The van der Waals surface area contributed by atoms with Crippen LogP contribution in [0.5, 0.6) is 0 Å². The van der Waals surface area contributed by atoms with Crippen LogP contribution in [-0.4, -0.2) is 33.8 Å². The summed E-state index contributed by atoms with van der Waals surface area (Å²) in [6.07, 6.45) is 4.47. The number of nitrogens with two attached hydrogens (primary N) is 1. The van der Waals surface area contributed by atoms with Crippen LogP contribution < -0.4 is 5.73 Å². The van der Waals surface area contributed by atoms with Crippen LogP contribution in [0, 0.1) is 11.8 Å². The smallest absolute Gasteiger partial charge is 0.0527 e. The molecule has 0 spiro atoms. The first-order valence-electron chi connectivity index (χ1n) is 7.15. The van der Waals surface area contributed by atoms with E-state index in [1.807, 2.05) is 6.20 Å². The fourth-order valence-electron chi connectivity index (χ4n) is 3.69. The maximum Gasteiger partial charge on any atom is 0.0527 e. The second kappa shape index (κ2) is 5.81. The van der Waals surface area contributed by atoms with Crippen LogP contribution >= 0.6 is 12.4 Å². The summed E-state index contributed by atoms with van der Waals surface area (Å²) in [5, 5.41) is 4.41. The van der Waals surface area contributed by atoms with Crippen LogP contribution in [0.4, 0.5) is 0 Å². The van der Waals surface area contributed by atoms with Gasteiger partial charge in [0.05, 0.1) is 5.69 Å². The second-order valence-electron chi connectivity index (χ2n) is 6.22. The zero-order chi connectivity index (χ0) is 12.7. The minimum atomic E-state index is 0. The summed E-state index contributed by atoms with van der Waals surface area (Å²) in [4.78, 5) is 2.56. The average molecular weight is 285 g/mol. The van der Waals surface area contributed by atoms with Gasteiger partial charge >= 0.3 is 0 Å². The van der Waals surface area contributed by atoms with E-state index in [4.69, 9.17) is 5.73 Å². The Morgan fingerprint density at radius 3 is 2.84 bits per heavy atom. The third-order valence-electron chi connectivity index (χ3n) is 4.61. The minimum Gasteiger partial charge on any atom is -0.327 e. The predicted molar refractivity (Wildman–Crippen MR) is 79.3 cm³/mol. The standard InChI is InChI=1S/C14H24N4.ClH/c1-10(2)18-12(5-6-16-18)8-17-7-11-3-4-14(15)13(11)9-17;/h5-6,10-11,13-14H,3-4,7-9,15H2,1-2H3;1H. The first kappa shape index (κ1) is 14.8. The summed E-state index contributed by atoms with van der Waals surface area (Å²) in [5.74, 6) is 1.58. The molecule has 1 saturated heterocycles. The highest BCUT2D eigenvalue weighted by Crippen LogP contribution is 2.37. The van der Waals surface area contributed by atoms with Gasteiger partial charge in [0.25, 0.3) is 0 Å². The van der Waals surface area contributed by atoms with Crippen LogP contribution in [-0.2, 0) is 6.54 Å². The molecule has 108 valence electrons. The van der Waals surface area contributed by atoms with Gasteiger partial charge in [-0.3, -0.25) is 9.58 Å². The van der Waals surface area contributed by atoms with E-state index >= 15 is 0 Å². The van der Waals surface area contributed by atoms with Crippen molar-refractivity contribution in [2.24, 2.45) is 17.6 Å². The zero-order valence-electron chi connectivity index (χ0n) is 11.8. The van der Waals surface area contributed by atoms with Crippen LogP contribution in [0.15, 0.2) is 12.3 Å². The molecule has 2 N–H and O–H groups in total. The number of likely N-dealkylation sites (tertiary alicyclic amines) is 1. The van der Waals surface area contributed by atoms with E-state index in [9.17, 15) is 0 Å². The topological polar surface area (TPSA) is 47.1 Å². The Morgan fingerprint density at radius 1 is 1.37 bits per heavy atom. The molecule has 19 heavy (non-hydrogen) atoms. The second-order valence-corrected chi connectivity index (χ2v) is 6.22. The molecule has 3 rings (SSSR count). The molecular weight excluding hydrogens is 260 g/mol. The third-order valence-corrected chi connectivity index (χ3v) is 4.61. The van der Waals surface area contributed by atoms with Crippen molar-refractivity contribution in [2.75, 3.05) is 13.1 Å². The number of hydrogen-bond acceptors (Lipinski definition) is 3. The maximum atomic E-state index is 6.19. The quantitative estimate of drug-likeness (QED) is 0.924. The lowest BCUT2D eigenvalue weighted by Gasteiger charge is -2.20. The van der Waals surface area contributed by atoms with Gasteiger partial charge in [0.1, 0.15) is 0 Å². The molecule has 0 bridgehead atoms. The van der Waals surface area contributed by atoms with E-state index in [0.717, 1.165) is 18.4 Å². The van der Waals surface area contributed by atoms with E-state index in [2.05, 4.69) is 34.6 Å². The van der Waals surface area contributed by atoms with E-state index < -0.39 is 0 Å². The Morgan fingerprint density at radius 2 is 2.16 bits per heavy atom. The van der Waals surface area contributed by atoms with Gasteiger partial charge < -0.3 is 5.73 Å². The van der Waals surface area contributed by atoms with E-state index in [0.29, 0.717) is 12.1 Å². The van der Waals surface area contributed by atoms with Gasteiger partial charge in [0.15, 0.2) is 0 Å². The fraction of sp³-hybridized carbons (Fsp3) is 0.786. The van der Waals surface area contributed by atoms with Crippen molar-refractivity contribution in [1.82, 2.24) is 14.7 Å². The molecule has 1 aliphatic heterocycles. The predicted octanol–water partition coefficient (Wildman–Crippen LogP) is 2.05. The molecule has 1 saturated carbocycles. The first-order chi connectivity index (χ1) is 8.65. The Bertz CT molecular complexity index is 417. The van der Waals surface area contributed by atoms with E-state index in [1.165, 1.54) is 31.6 Å². The molecule has 3 atom stereocenters. The van der Waals surface area contributed by atoms with Crippen LogP contribution in [0.2, 0.25) is 0 Å². The Balaban J connectivity index is 0.00000133. The van der Waals surface area contributed by atoms with Crippen molar-refractivity contribution in [3.63, 3.8) is 0 Å². The summed E-state index contributed by atoms with van der Waals surface area (Å²) < 4.78 is 2.13. The van der Waals surface area contributed by atoms with Gasteiger partial charge in [0, 0.05) is 37.9 Å². The van der Waals surface area contributed by atoms with Crippen molar-refractivity contribution in [3.05, 3.63) is 18.0 Å². The van der Waals surface area contributed by atoms with Crippen LogP contribution in [0.3, 0.4) is 0 Å². The zero-order valence-corrected chi connectivity index (χ0v) is 12.6. The normalized spacial score (nSPS) is 30.6. The molecule has 1 aromatic heterocycles. The van der Waals surface area contributed by atoms with Crippen LogP contribution in [0.25, 0.3) is 0 Å². The number of hydrogen-bond donors (Lipinski definition) is 1. The van der Waals surface area contributed by atoms with E-state index in [-0.39, 0.29) is 12.4 Å². The largest absolute Gasteiger partial charge is 0.327 e. The summed E-state index contributed by atoms with van der Waals surface area (Å²) in [5.41, 5.74) is 7.52. The van der Waals surface area contributed by atoms with Gasteiger partial charge in [0.2, 0.25) is 0 Å². The molecule has 2 fully saturated rings. The number of halogens is 1. The number of aromatic nitrogens is 2. The molecule has 2 aliphatic rings. The Labute approximate surface area is 121 Å². The van der Waals surface area contributed by atoms with Crippen molar-refractivity contribution in [3.8, 4) is 0 Å². The maximum absolute atomic E-state index is 6.19. The van der Waals surface area contributed by atoms with Crippen molar-refractivity contribution >= 4 is 12.4 Å². The fourth-order valence-corrected chi connectivity index (χ4v) is 3.69. The highest BCUT2D eigenvalue weighted by Gasteiger charge is 2.40. The lowest BCUT2D eigenvalue weighted by molar-refractivity contribution is 0.285. The molecule has 2 heterocycles. The molecule has 4 nitrogen and oxygen atoms in total.